The second kappa shape index (κ2) is 6.55. The Balaban J connectivity index is 2.95. The monoisotopic (exact) mass is 146 g/mol. The van der Waals surface area contributed by atoms with Crippen LogP contribution in [0.3, 0.4) is 0 Å². The Kier molecular flexibility index (Phi) is 6.86. The van der Waals surface area contributed by atoms with Crippen LogP contribution in [0.5, 0.6) is 0 Å². The quantitative estimate of drug-likeness (QED) is 0.522. The summed E-state index contributed by atoms with van der Waals surface area (Å²) < 4.78 is 0. The van der Waals surface area contributed by atoms with Crippen LogP contribution in [0.15, 0.2) is 0 Å². The molecule has 0 saturated carbocycles. The summed E-state index contributed by atoms with van der Waals surface area (Å²) in [7, 11) is 2.93. The molecule has 0 spiro atoms. The van der Waals surface area contributed by atoms with Gasteiger partial charge in [0.15, 0.2) is 0 Å². The molecule has 56 valence electrons. The van der Waals surface area contributed by atoms with E-state index >= 15 is 0 Å². The van der Waals surface area contributed by atoms with Crippen molar-refractivity contribution >= 4 is 9.24 Å². The molecule has 0 bridgehead atoms. The van der Waals surface area contributed by atoms with Crippen LogP contribution in [0.2, 0.25) is 0 Å². The van der Waals surface area contributed by atoms with Gasteiger partial charge in [-0.1, -0.05) is 33.1 Å². The van der Waals surface area contributed by atoms with Gasteiger partial charge in [-0.3, -0.25) is 0 Å². The van der Waals surface area contributed by atoms with Crippen LogP contribution in [-0.4, -0.2) is 5.66 Å². The third-order valence-corrected chi connectivity index (χ3v) is 2.25. The molecule has 0 aliphatic rings. The maximum absolute atomic E-state index is 2.93. The highest BCUT2D eigenvalue weighted by molar-refractivity contribution is 7.17. The predicted octanol–water partition coefficient (Wildman–Crippen LogP) is 3.22. The molecular weight excluding hydrogens is 127 g/mol. The zero-order valence-electron chi connectivity index (χ0n) is 6.69. The molecule has 0 fully saturated rings. The molecule has 1 unspecified atom stereocenters. The van der Waals surface area contributed by atoms with E-state index in [4.69, 9.17) is 0 Å². The summed E-state index contributed by atoms with van der Waals surface area (Å²) in [5.74, 6) is 0. The van der Waals surface area contributed by atoms with Crippen LogP contribution in [0, 0.1) is 0 Å². The van der Waals surface area contributed by atoms with E-state index in [1.165, 1.54) is 32.1 Å². The third kappa shape index (κ3) is 6.31. The lowest BCUT2D eigenvalue weighted by molar-refractivity contribution is 0.639. The van der Waals surface area contributed by atoms with Crippen LogP contribution in [0.4, 0.5) is 0 Å². The molecule has 0 N–H and O–H groups in total. The Morgan fingerprint density at radius 3 is 2.22 bits per heavy atom. The average Bonchev–Trinajstić information content (AvgIpc) is 1.85. The molecule has 0 aliphatic heterocycles. The Hall–Kier alpha value is 0.430. The minimum Gasteiger partial charge on any atom is -0.134 e. The first kappa shape index (κ1) is 9.43. The van der Waals surface area contributed by atoms with E-state index < -0.39 is 0 Å². The van der Waals surface area contributed by atoms with Crippen molar-refractivity contribution in [1.82, 2.24) is 0 Å². The lowest BCUT2D eigenvalue weighted by Gasteiger charge is -2.06. The molecular formula is C8H19P. The molecule has 0 heterocycles. The van der Waals surface area contributed by atoms with Crippen LogP contribution >= 0.6 is 9.24 Å². The van der Waals surface area contributed by atoms with Crippen molar-refractivity contribution in [3.8, 4) is 0 Å². The third-order valence-electron chi connectivity index (χ3n) is 1.59. The number of unbranched alkanes of at least 4 members (excludes halogenated alkanes) is 1. The minimum atomic E-state index is 0.884. The van der Waals surface area contributed by atoms with Crippen molar-refractivity contribution in [3.63, 3.8) is 0 Å². The van der Waals surface area contributed by atoms with Gasteiger partial charge >= 0.3 is 0 Å². The zero-order valence-corrected chi connectivity index (χ0v) is 7.84. The van der Waals surface area contributed by atoms with Gasteiger partial charge in [0.25, 0.3) is 0 Å². The summed E-state index contributed by atoms with van der Waals surface area (Å²) in [6, 6.07) is 0. The van der Waals surface area contributed by atoms with Gasteiger partial charge in [0, 0.05) is 0 Å². The van der Waals surface area contributed by atoms with Crippen molar-refractivity contribution in [2.45, 2.75) is 51.6 Å². The lowest BCUT2D eigenvalue weighted by Crippen LogP contribution is -1.95. The maximum atomic E-state index is 2.93. The fourth-order valence-corrected chi connectivity index (χ4v) is 1.55. The van der Waals surface area contributed by atoms with E-state index in [9.17, 15) is 0 Å². The average molecular weight is 146 g/mol. The molecule has 0 rings (SSSR count). The highest BCUT2D eigenvalue weighted by Gasteiger charge is 1.97. The fourth-order valence-electron chi connectivity index (χ4n) is 0.981. The highest BCUT2D eigenvalue weighted by atomic mass is 31.0. The van der Waals surface area contributed by atoms with Crippen molar-refractivity contribution in [1.29, 1.82) is 0 Å². The van der Waals surface area contributed by atoms with Crippen LogP contribution in [0.1, 0.15) is 46.0 Å². The van der Waals surface area contributed by atoms with Gasteiger partial charge in [-0.2, -0.15) is 0 Å². The molecule has 0 aliphatic carbocycles. The molecule has 0 aromatic carbocycles. The van der Waals surface area contributed by atoms with Gasteiger partial charge in [0.1, 0.15) is 0 Å². The number of rotatable bonds is 5. The van der Waals surface area contributed by atoms with Gasteiger partial charge in [-0.25, -0.2) is 0 Å². The van der Waals surface area contributed by atoms with Gasteiger partial charge in [-0.05, 0) is 18.5 Å². The zero-order chi connectivity index (χ0) is 7.11. The van der Waals surface area contributed by atoms with Gasteiger partial charge in [0.2, 0.25) is 0 Å². The molecule has 0 amide bonds. The lowest BCUT2D eigenvalue weighted by atomic mass is 10.1. The van der Waals surface area contributed by atoms with Gasteiger partial charge in [0.05, 0.1) is 0 Å². The predicted molar refractivity (Wildman–Crippen MR) is 47.9 cm³/mol. The molecule has 0 nitrogen and oxygen atoms in total. The highest BCUT2D eigenvalue weighted by Crippen LogP contribution is 2.14. The molecule has 2 atom stereocenters. The summed E-state index contributed by atoms with van der Waals surface area (Å²) in [6.45, 7) is 4.51. The van der Waals surface area contributed by atoms with E-state index in [0.717, 1.165) is 5.66 Å². The van der Waals surface area contributed by atoms with Crippen LogP contribution in [0.25, 0.3) is 0 Å². The maximum Gasteiger partial charge on any atom is -0.0264 e. The summed E-state index contributed by atoms with van der Waals surface area (Å²) in [4.78, 5) is 0. The summed E-state index contributed by atoms with van der Waals surface area (Å²) in [6.07, 6.45) is 6.85. The first-order valence-electron chi connectivity index (χ1n) is 4.06. The van der Waals surface area contributed by atoms with E-state index in [-0.39, 0.29) is 0 Å². The first-order valence-corrected chi connectivity index (χ1v) is 4.73. The SMILES string of the molecule is CCCC[C@@H](P)CCC. The van der Waals surface area contributed by atoms with Crippen molar-refractivity contribution < 1.29 is 0 Å². The Morgan fingerprint density at radius 1 is 1.11 bits per heavy atom. The number of hydrogen-bond acceptors (Lipinski definition) is 0. The van der Waals surface area contributed by atoms with Crippen LogP contribution in [-0.2, 0) is 0 Å². The second-order valence-electron chi connectivity index (χ2n) is 2.69. The molecule has 0 saturated heterocycles. The van der Waals surface area contributed by atoms with Gasteiger partial charge in [-0.15, -0.1) is 9.24 Å². The first-order chi connectivity index (χ1) is 4.31. The smallest absolute Gasteiger partial charge is 0.0264 e. The van der Waals surface area contributed by atoms with Crippen molar-refractivity contribution in [3.05, 3.63) is 0 Å². The van der Waals surface area contributed by atoms with E-state index in [0.29, 0.717) is 0 Å². The Morgan fingerprint density at radius 2 is 1.78 bits per heavy atom. The molecule has 0 radical (unpaired) electrons. The van der Waals surface area contributed by atoms with E-state index in [1.807, 2.05) is 0 Å². The second-order valence-corrected chi connectivity index (χ2v) is 3.63. The summed E-state index contributed by atoms with van der Waals surface area (Å²) >= 11 is 0. The largest absolute Gasteiger partial charge is 0.134 e. The van der Waals surface area contributed by atoms with Crippen LogP contribution < -0.4 is 0 Å². The van der Waals surface area contributed by atoms with Gasteiger partial charge < -0.3 is 0 Å². The van der Waals surface area contributed by atoms with Crippen molar-refractivity contribution in [2.24, 2.45) is 0 Å². The Bertz CT molecular complexity index is 52.5. The molecule has 1 heteroatoms. The molecule has 0 aromatic heterocycles. The van der Waals surface area contributed by atoms with Crippen molar-refractivity contribution in [2.75, 3.05) is 0 Å². The summed E-state index contributed by atoms with van der Waals surface area (Å²) in [5.41, 5.74) is 0.884. The topological polar surface area (TPSA) is 0 Å². The normalized spacial score (nSPS) is 13.7. The molecule has 9 heavy (non-hydrogen) atoms. The fraction of sp³-hybridized carbons (Fsp3) is 1.00. The Labute approximate surface area is 61.6 Å². The molecule has 0 aromatic rings. The minimum absolute atomic E-state index is 0.884. The number of hydrogen-bond donors (Lipinski definition) is 0. The standard InChI is InChI=1S/C8H19P/c1-3-5-7-8(9)6-4-2/h8H,3-7,9H2,1-2H3/t8-/m0/s1. The van der Waals surface area contributed by atoms with E-state index in [1.54, 1.807) is 0 Å². The van der Waals surface area contributed by atoms with E-state index in [2.05, 4.69) is 23.1 Å². The summed E-state index contributed by atoms with van der Waals surface area (Å²) in [5, 5.41) is 0.